The number of hydrogen-bond donors (Lipinski definition) is 1. The summed E-state index contributed by atoms with van der Waals surface area (Å²) in [5.74, 6) is -0.267. The van der Waals surface area contributed by atoms with Crippen LogP contribution in [0.2, 0.25) is 0 Å². The molecule has 1 aliphatic carbocycles. The largest absolute Gasteiger partial charge is 0.465 e. The first-order valence-electron chi connectivity index (χ1n) is 5.22. The molecule has 1 aromatic rings. The zero-order chi connectivity index (χ0) is 10.5. The zero-order valence-corrected chi connectivity index (χ0v) is 8.67. The van der Waals surface area contributed by atoms with Crippen LogP contribution in [0.15, 0.2) is 18.2 Å². The Bertz CT molecular complexity index is 435. The lowest BCUT2D eigenvalue weighted by atomic mass is 9.97. The number of nitrogens with one attached hydrogen (secondary N) is 1. The van der Waals surface area contributed by atoms with Gasteiger partial charge in [-0.3, -0.25) is 0 Å². The Labute approximate surface area is 88.4 Å². The van der Waals surface area contributed by atoms with E-state index in [4.69, 9.17) is 4.74 Å². The molecule has 0 aromatic heterocycles. The lowest BCUT2D eigenvalue weighted by molar-refractivity contribution is 0.0601. The van der Waals surface area contributed by atoms with Crippen LogP contribution in [0.4, 0.5) is 5.69 Å². The highest BCUT2D eigenvalue weighted by Gasteiger charge is 2.48. The number of carbonyl (C=O) groups is 1. The minimum Gasteiger partial charge on any atom is -0.465 e. The summed E-state index contributed by atoms with van der Waals surface area (Å²) in [5.41, 5.74) is 3.50. The van der Waals surface area contributed by atoms with E-state index < -0.39 is 0 Å². The second-order valence-corrected chi connectivity index (χ2v) is 4.39. The molecule has 78 valence electrons. The highest BCUT2D eigenvalue weighted by molar-refractivity contribution is 5.91. The van der Waals surface area contributed by atoms with E-state index in [1.165, 1.54) is 25.5 Å². The molecule has 0 saturated heterocycles. The van der Waals surface area contributed by atoms with Crippen LogP contribution in [0.5, 0.6) is 0 Å². The molecule has 0 atom stereocenters. The van der Waals surface area contributed by atoms with Gasteiger partial charge in [-0.25, -0.2) is 4.79 Å². The van der Waals surface area contributed by atoms with E-state index in [9.17, 15) is 4.79 Å². The number of ether oxygens (including phenoxy) is 1. The van der Waals surface area contributed by atoms with Crippen LogP contribution in [0.3, 0.4) is 0 Å². The average Bonchev–Trinajstić information content (AvgIpc) is 2.96. The summed E-state index contributed by atoms with van der Waals surface area (Å²) in [6.45, 7) is 1.02. The fraction of sp³-hybridized carbons (Fsp3) is 0.417. The van der Waals surface area contributed by atoms with Crippen molar-refractivity contribution in [3.05, 3.63) is 29.3 Å². The van der Waals surface area contributed by atoms with Gasteiger partial charge >= 0.3 is 5.97 Å². The summed E-state index contributed by atoms with van der Waals surface area (Å²) in [7, 11) is 1.41. The molecule has 0 radical (unpaired) electrons. The van der Waals surface area contributed by atoms with Crippen LogP contribution in [0, 0.1) is 0 Å². The highest BCUT2D eigenvalue weighted by atomic mass is 16.5. The molecule has 1 fully saturated rings. The first-order chi connectivity index (χ1) is 7.25. The van der Waals surface area contributed by atoms with Crippen LogP contribution >= 0.6 is 0 Å². The van der Waals surface area contributed by atoms with Crippen molar-refractivity contribution in [1.82, 2.24) is 0 Å². The smallest absolute Gasteiger partial charge is 0.337 e. The first-order valence-corrected chi connectivity index (χ1v) is 5.22. The van der Waals surface area contributed by atoms with Crippen molar-refractivity contribution in [2.45, 2.75) is 18.3 Å². The quantitative estimate of drug-likeness (QED) is 0.709. The van der Waals surface area contributed by atoms with E-state index in [1.54, 1.807) is 0 Å². The van der Waals surface area contributed by atoms with Gasteiger partial charge in [0.25, 0.3) is 0 Å². The van der Waals surface area contributed by atoms with Gasteiger partial charge in [0.15, 0.2) is 0 Å². The predicted octanol–water partition coefficient (Wildman–Crippen LogP) is 1.93. The Morgan fingerprint density at radius 2 is 2.27 bits per heavy atom. The van der Waals surface area contributed by atoms with Gasteiger partial charge in [-0.05, 0) is 30.5 Å². The summed E-state index contributed by atoms with van der Waals surface area (Å²) in [5, 5.41) is 3.36. The van der Waals surface area contributed by atoms with Gasteiger partial charge < -0.3 is 10.1 Å². The van der Waals surface area contributed by atoms with Crippen LogP contribution in [-0.4, -0.2) is 19.6 Å². The van der Waals surface area contributed by atoms with Crippen LogP contribution in [0.25, 0.3) is 0 Å². The van der Waals surface area contributed by atoms with Crippen molar-refractivity contribution in [3.63, 3.8) is 0 Å². The lowest BCUT2D eigenvalue weighted by Gasteiger charge is -2.06. The number of carbonyl (C=O) groups excluding carboxylic acids is 1. The van der Waals surface area contributed by atoms with E-state index in [0.717, 1.165) is 12.2 Å². The van der Waals surface area contributed by atoms with Gasteiger partial charge in [-0.2, -0.15) is 0 Å². The van der Waals surface area contributed by atoms with Gasteiger partial charge in [-0.1, -0.05) is 6.07 Å². The lowest BCUT2D eigenvalue weighted by Crippen LogP contribution is -2.08. The van der Waals surface area contributed by atoms with Gasteiger partial charge in [-0.15, -0.1) is 0 Å². The van der Waals surface area contributed by atoms with Crippen molar-refractivity contribution >= 4 is 11.7 Å². The van der Waals surface area contributed by atoms with E-state index in [2.05, 4.69) is 11.4 Å². The normalized spacial score (nSPS) is 19.5. The van der Waals surface area contributed by atoms with E-state index in [-0.39, 0.29) is 5.97 Å². The minimum absolute atomic E-state index is 0.267. The third kappa shape index (κ3) is 1.16. The zero-order valence-electron chi connectivity index (χ0n) is 8.67. The molecular weight excluding hydrogens is 190 g/mol. The molecule has 1 saturated carbocycles. The summed E-state index contributed by atoms with van der Waals surface area (Å²) < 4.78 is 4.70. The Kier molecular flexibility index (Phi) is 1.61. The maximum absolute atomic E-state index is 11.3. The van der Waals surface area contributed by atoms with E-state index >= 15 is 0 Å². The molecule has 1 spiro atoms. The summed E-state index contributed by atoms with van der Waals surface area (Å²) in [4.78, 5) is 11.3. The van der Waals surface area contributed by atoms with Crippen molar-refractivity contribution in [1.29, 1.82) is 0 Å². The topological polar surface area (TPSA) is 38.3 Å². The summed E-state index contributed by atoms with van der Waals surface area (Å²) in [6.07, 6.45) is 2.54. The van der Waals surface area contributed by atoms with Crippen LogP contribution in [0.1, 0.15) is 28.8 Å². The van der Waals surface area contributed by atoms with Crippen molar-refractivity contribution in [2.75, 3.05) is 19.0 Å². The first kappa shape index (κ1) is 8.77. The molecule has 15 heavy (non-hydrogen) atoms. The number of fused-ring (bicyclic) bond motifs is 2. The van der Waals surface area contributed by atoms with Gasteiger partial charge in [0.05, 0.1) is 12.7 Å². The number of benzene rings is 1. The number of methoxy groups -OCH3 is 1. The third-order valence-electron chi connectivity index (χ3n) is 3.48. The third-order valence-corrected chi connectivity index (χ3v) is 3.48. The maximum Gasteiger partial charge on any atom is 0.337 e. The summed E-state index contributed by atoms with van der Waals surface area (Å²) in [6, 6.07) is 5.82. The van der Waals surface area contributed by atoms with E-state index in [1.807, 2.05) is 12.1 Å². The second kappa shape index (κ2) is 2.75. The molecule has 2 aliphatic rings. The molecule has 1 aliphatic heterocycles. The molecule has 0 unspecified atom stereocenters. The number of rotatable bonds is 1. The van der Waals surface area contributed by atoms with Crippen molar-refractivity contribution in [2.24, 2.45) is 0 Å². The fourth-order valence-electron chi connectivity index (χ4n) is 2.35. The Hall–Kier alpha value is -1.51. The van der Waals surface area contributed by atoms with Gasteiger partial charge in [0.1, 0.15) is 0 Å². The molecule has 0 amide bonds. The Morgan fingerprint density at radius 1 is 1.47 bits per heavy atom. The Morgan fingerprint density at radius 3 is 2.93 bits per heavy atom. The highest BCUT2D eigenvalue weighted by Crippen LogP contribution is 2.54. The molecule has 1 N–H and O–H groups in total. The van der Waals surface area contributed by atoms with E-state index in [0.29, 0.717) is 11.0 Å². The molecular formula is C12H13NO2. The number of hydrogen-bond acceptors (Lipinski definition) is 3. The van der Waals surface area contributed by atoms with Crippen molar-refractivity contribution < 1.29 is 9.53 Å². The monoisotopic (exact) mass is 203 g/mol. The minimum atomic E-state index is -0.267. The maximum atomic E-state index is 11.3. The standard InChI is InChI=1S/C12H13NO2/c1-15-11(14)8-2-3-9-10(6-8)13-7-12(9)4-5-12/h2-3,6,13H,4-5,7H2,1H3. The predicted molar refractivity (Wildman–Crippen MR) is 57.2 cm³/mol. The van der Waals surface area contributed by atoms with Crippen LogP contribution in [-0.2, 0) is 10.2 Å². The second-order valence-electron chi connectivity index (χ2n) is 4.39. The van der Waals surface area contributed by atoms with Gasteiger partial charge in [0.2, 0.25) is 0 Å². The van der Waals surface area contributed by atoms with Crippen molar-refractivity contribution in [3.8, 4) is 0 Å². The average molecular weight is 203 g/mol. The molecule has 3 rings (SSSR count). The Balaban J connectivity index is 2.02. The molecule has 1 heterocycles. The number of esters is 1. The molecule has 3 heteroatoms. The SMILES string of the molecule is COC(=O)c1ccc2c(c1)NCC21CC1. The molecule has 1 aromatic carbocycles. The van der Waals surface area contributed by atoms with Gasteiger partial charge in [0, 0.05) is 17.6 Å². The molecule has 3 nitrogen and oxygen atoms in total. The number of anilines is 1. The summed E-state index contributed by atoms with van der Waals surface area (Å²) >= 11 is 0. The molecule has 0 bridgehead atoms. The van der Waals surface area contributed by atoms with Crippen LogP contribution < -0.4 is 5.32 Å². The fourth-order valence-corrected chi connectivity index (χ4v) is 2.35.